The van der Waals surface area contributed by atoms with Gasteiger partial charge in [0, 0.05) is 38.0 Å². The third-order valence-electron chi connectivity index (χ3n) is 4.61. The Labute approximate surface area is 196 Å². The van der Waals surface area contributed by atoms with Crippen molar-refractivity contribution in [3.63, 3.8) is 0 Å². The maximum atomic E-state index is 12.9. The van der Waals surface area contributed by atoms with E-state index < -0.39 is 35.3 Å². The number of fused-ring (bicyclic) bond motifs is 1. The summed E-state index contributed by atoms with van der Waals surface area (Å²) < 4.78 is 20.7. The van der Waals surface area contributed by atoms with E-state index in [1.165, 1.54) is 26.0 Å². The molecule has 2 aromatic rings. The number of ether oxygens (including phenoxy) is 4. The lowest BCUT2D eigenvalue weighted by atomic mass is 9.89. The molecule has 0 aliphatic heterocycles. The zero-order valence-corrected chi connectivity index (χ0v) is 19.7. The van der Waals surface area contributed by atoms with E-state index in [0.29, 0.717) is 16.3 Å². The Bertz CT molecular complexity index is 1100. The van der Waals surface area contributed by atoms with Crippen molar-refractivity contribution in [1.29, 1.82) is 0 Å². The number of amides is 1. The summed E-state index contributed by atoms with van der Waals surface area (Å²) in [6.45, 7) is 6.73. The third-order valence-corrected chi connectivity index (χ3v) is 4.61. The largest absolute Gasteiger partial charge is 0.464 e. The Hall–Kier alpha value is -3.95. The summed E-state index contributed by atoms with van der Waals surface area (Å²) in [5.41, 5.74) is -1.73. The summed E-state index contributed by atoms with van der Waals surface area (Å²) in [6, 6.07) is 7.69. The van der Waals surface area contributed by atoms with Crippen molar-refractivity contribution in [2.24, 2.45) is 0 Å². The highest BCUT2D eigenvalue weighted by Crippen LogP contribution is 2.35. The van der Waals surface area contributed by atoms with Gasteiger partial charge in [-0.1, -0.05) is 12.1 Å². The van der Waals surface area contributed by atoms with Gasteiger partial charge in [-0.3, -0.25) is 14.4 Å². The van der Waals surface area contributed by atoms with Crippen LogP contribution in [0.5, 0.6) is 11.5 Å². The zero-order chi connectivity index (χ0) is 25.5. The molecule has 2 rings (SSSR count). The monoisotopic (exact) mass is 473 g/mol. The van der Waals surface area contributed by atoms with Crippen molar-refractivity contribution >= 4 is 40.6 Å². The number of rotatable bonds is 9. The Morgan fingerprint density at radius 2 is 1.26 bits per heavy atom. The van der Waals surface area contributed by atoms with Crippen LogP contribution in [0.2, 0.25) is 0 Å². The van der Waals surface area contributed by atoms with Gasteiger partial charge in [-0.05, 0) is 37.6 Å². The van der Waals surface area contributed by atoms with Crippen LogP contribution >= 0.6 is 0 Å². The summed E-state index contributed by atoms with van der Waals surface area (Å²) in [4.78, 5) is 60.9. The molecule has 0 saturated heterocycles. The lowest BCUT2D eigenvalue weighted by molar-refractivity contribution is -0.168. The van der Waals surface area contributed by atoms with Crippen molar-refractivity contribution in [2.45, 2.75) is 46.6 Å². The lowest BCUT2D eigenvalue weighted by Gasteiger charge is -2.30. The van der Waals surface area contributed by atoms with E-state index in [4.69, 9.17) is 18.9 Å². The molecule has 1 amide bonds. The summed E-state index contributed by atoms with van der Waals surface area (Å²) in [5.74, 6) is -3.29. The normalized spacial score (nSPS) is 10.9. The van der Waals surface area contributed by atoms with Crippen LogP contribution in [-0.2, 0) is 39.9 Å². The van der Waals surface area contributed by atoms with E-state index in [2.05, 4.69) is 5.32 Å². The zero-order valence-electron chi connectivity index (χ0n) is 19.7. The maximum Gasteiger partial charge on any atom is 0.344 e. The molecule has 2 aromatic carbocycles. The average molecular weight is 473 g/mol. The minimum atomic E-state index is -2.14. The van der Waals surface area contributed by atoms with E-state index in [1.807, 2.05) is 0 Å². The van der Waals surface area contributed by atoms with Crippen LogP contribution in [0.1, 0.15) is 40.2 Å². The molecule has 0 unspecified atom stereocenters. The minimum Gasteiger partial charge on any atom is -0.464 e. The van der Waals surface area contributed by atoms with Gasteiger partial charge >= 0.3 is 23.9 Å². The van der Waals surface area contributed by atoms with Crippen LogP contribution in [-0.4, -0.2) is 48.5 Å². The molecule has 0 atom stereocenters. The van der Waals surface area contributed by atoms with Crippen LogP contribution in [0.3, 0.4) is 0 Å². The molecule has 0 saturated carbocycles. The van der Waals surface area contributed by atoms with Crippen LogP contribution in [0.15, 0.2) is 30.3 Å². The van der Waals surface area contributed by atoms with Gasteiger partial charge in [0.05, 0.1) is 13.2 Å². The Kier molecular flexibility index (Phi) is 8.71. The van der Waals surface area contributed by atoms with E-state index in [0.717, 1.165) is 6.92 Å². The molecule has 0 aliphatic carbocycles. The van der Waals surface area contributed by atoms with Gasteiger partial charge in [0.25, 0.3) is 0 Å². The average Bonchev–Trinajstić information content (AvgIpc) is 2.74. The smallest absolute Gasteiger partial charge is 0.344 e. The molecule has 0 heterocycles. The molecular formula is C24H27NO9. The number of esters is 4. The van der Waals surface area contributed by atoms with Gasteiger partial charge in [0.15, 0.2) is 0 Å². The van der Waals surface area contributed by atoms with Gasteiger partial charge in [-0.2, -0.15) is 0 Å². The molecule has 10 nitrogen and oxygen atoms in total. The number of carbonyl (C=O) groups excluding carboxylic acids is 5. The van der Waals surface area contributed by atoms with Gasteiger partial charge in [-0.25, -0.2) is 9.59 Å². The van der Waals surface area contributed by atoms with Crippen molar-refractivity contribution in [2.75, 3.05) is 13.2 Å². The molecule has 34 heavy (non-hydrogen) atoms. The number of nitrogens with one attached hydrogen (secondary N) is 1. The highest BCUT2D eigenvalue weighted by Gasteiger charge is 2.50. The van der Waals surface area contributed by atoms with Crippen LogP contribution in [0.25, 0.3) is 10.8 Å². The van der Waals surface area contributed by atoms with E-state index in [1.54, 1.807) is 32.0 Å². The second-order valence-corrected chi connectivity index (χ2v) is 7.33. The topological polar surface area (TPSA) is 134 Å². The summed E-state index contributed by atoms with van der Waals surface area (Å²) in [5, 5.41) is 3.24. The first-order valence-corrected chi connectivity index (χ1v) is 10.6. The Balaban J connectivity index is 2.69. The van der Waals surface area contributed by atoms with Gasteiger partial charge in [0.2, 0.25) is 11.4 Å². The van der Waals surface area contributed by atoms with Crippen molar-refractivity contribution < 1.29 is 42.9 Å². The Morgan fingerprint density at radius 3 is 1.71 bits per heavy atom. The van der Waals surface area contributed by atoms with Gasteiger partial charge in [0.1, 0.15) is 11.5 Å². The van der Waals surface area contributed by atoms with Crippen LogP contribution < -0.4 is 14.8 Å². The number of hydrogen-bond donors (Lipinski definition) is 1. The Morgan fingerprint density at radius 1 is 0.765 bits per heavy atom. The fraction of sp³-hybridized carbons (Fsp3) is 0.375. The van der Waals surface area contributed by atoms with Crippen molar-refractivity contribution in [3.05, 3.63) is 35.9 Å². The first-order chi connectivity index (χ1) is 16.0. The second kappa shape index (κ2) is 11.3. The fourth-order valence-corrected chi connectivity index (χ4v) is 3.43. The summed E-state index contributed by atoms with van der Waals surface area (Å²) in [6.07, 6.45) is -0.308. The minimum absolute atomic E-state index is 0.0281. The van der Waals surface area contributed by atoms with Crippen molar-refractivity contribution in [1.82, 2.24) is 5.32 Å². The molecule has 0 spiro atoms. The summed E-state index contributed by atoms with van der Waals surface area (Å²) >= 11 is 0. The highest BCUT2D eigenvalue weighted by molar-refractivity contribution is 6.08. The van der Waals surface area contributed by atoms with E-state index in [-0.39, 0.29) is 31.1 Å². The van der Waals surface area contributed by atoms with Crippen LogP contribution in [0.4, 0.5) is 0 Å². The summed E-state index contributed by atoms with van der Waals surface area (Å²) in [7, 11) is 0. The molecule has 182 valence electrons. The van der Waals surface area contributed by atoms with Crippen LogP contribution in [0, 0.1) is 0 Å². The first kappa shape index (κ1) is 26.3. The van der Waals surface area contributed by atoms with Crippen molar-refractivity contribution in [3.8, 4) is 11.5 Å². The molecule has 1 N–H and O–H groups in total. The second-order valence-electron chi connectivity index (χ2n) is 7.33. The lowest BCUT2D eigenvalue weighted by Crippen LogP contribution is -2.62. The molecule has 0 fully saturated rings. The third kappa shape index (κ3) is 6.09. The quantitative estimate of drug-likeness (QED) is 0.330. The predicted octanol–water partition coefficient (Wildman–Crippen LogP) is 2.23. The molecule has 0 aliphatic rings. The molecule has 0 bridgehead atoms. The first-order valence-electron chi connectivity index (χ1n) is 10.6. The fourth-order valence-electron chi connectivity index (χ4n) is 3.43. The number of carbonyl (C=O) groups is 5. The molecule has 0 aromatic heterocycles. The molecule has 0 radical (unpaired) electrons. The van der Waals surface area contributed by atoms with Gasteiger partial charge in [-0.15, -0.1) is 0 Å². The molecular weight excluding hydrogens is 446 g/mol. The maximum absolute atomic E-state index is 12.9. The SMILES string of the molecule is CCOC(=O)C(Cc1ccc2c(OC(C)=O)ccc(OC(C)=O)c2c1)(NC(C)=O)C(=O)OCC. The van der Waals surface area contributed by atoms with E-state index in [9.17, 15) is 24.0 Å². The van der Waals surface area contributed by atoms with Gasteiger partial charge < -0.3 is 24.3 Å². The molecule has 10 heteroatoms. The predicted molar refractivity (Wildman–Crippen MR) is 120 cm³/mol. The number of benzene rings is 2. The number of hydrogen-bond acceptors (Lipinski definition) is 9. The highest BCUT2D eigenvalue weighted by atomic mass is 16.6. The standard InChI is InChI=1S/C24H27NO9/c1-6-31-22(29)24(25-14(3)26,23(30)32-7-2)13-17-8-9-18-19(12-17)21(34-16(5)28)11-10-20(18)33-15(4)27/h8-12H,6-7,13H2,1-5H3,(H,25,26). The van der Waals surface area contributed by atoms with E-state index >= 15 is 0 Å².